The molecule has 0 radical (unpaired) electrons. The first-order chi connectivity index (χ1) is 11.7. The van der Waals surface area contributed by atoms with Crippen LogP contribution in [0.15, 0.2) is 36.9 Å². The van der Waals surface area contributed by atoms with Gasteiger partial charge in [-0.1, -0.05) is 6.42 Å². The predicted molar refractivity (Wildman–Crippen MR) is 97.9 cm³/mol. The number of hydrogen-bond donors (Lipinski definition) is 2. The van der Waals surface area contributed by atoms with Crippen molar-refractivity contribution in [2.45, 2.75) is 44.2 Å². The van der Waals surface area contributed by atoms with Gasteiger partial charge in [0.05, 0.1) is 0 Å². The Morgan fingerprint density at radius 1 is 1.08 bits per heavy atom. The van der Waals surface area contributed by atoms with Gasteiger partial charge in [0.1, 0.15) is 12.7 Å². The van der Waals surface area contributed by atoms with Gasteiger partial charge in [-0.05, 0) is 61.8 Å². The molecular weight excluding hydrogens is 338 g/mol. The summed E-state index contributed by atoms with van der Waals surface area (Å²) in [5.41, 5.74) is 7.80. The second kappa shape index (κ2) is 7.54. The van der Waals surface area contributed by atoms with Crippen LogP contribution in [0, 0.1) is 11.8 Å². The monoisotopic (exact) mass is 361 g/mol. The molecule has 1 heterocycles. The number of rotatable bonds is 3. The highest BCUT2D eigenvalue weighted by molar-refractivity contribution is 5.94. The lowest BCUT2D eigenvalue weighted by atomic mass is 9.67. The van der Waals surface area contributed by atoms with Crippen molar-refractivity contribution in [1.82, 2.24) is 20.1 Å². The summed E-state index contributed by atoms with van der Waals surface area (Å²) in [7, 11) is 0. The molecule has 2 fully saturated rings. The second-order valence-corrected chi connectivity index (χ2v) is 7.10. The summed E-state index contributed by atoms with van der Waals surface area (Å²) in [4.78, 5) is 12.6. The van der Waals surface area contributed by atoms with Gasteiger partial charge in [0.2, 0.25) is 0 Å². The van der Waals surface area contributed by atoms with Crippen LogP contribution in [0.1, 0.15) is 42.5 Å². The van der Waals surface area contributed by atoms with E-state index in [1.807, 2.05) is 28.8 Å². The first-order valence-electron chi connectivity index (χ1n) is 8.72. The Morgan fingerprint density at radius 2 is 1.68 bits per heavy atom. The first-order valence-corrected chi connectivity index (χ1v) is 8.72. The van der Waals surface area contributed by atoms with Gasteiger partial charge in [-0.3, -0.25) is 9.36 Å². The molecule has 0 aliphatic heterocycles. The number of aromatic nitrogens is 3. The fourth-order valence-electron chi connectivity index (χ4n) is 4.38. The minimum absolute atomic E-state index is 0. The van der Waals surface area contributed by atoms with Gasteiger partial charge in [0.25, 0.3) is 5.91 Å². The fourth-order valence-corrected chi connectivity index (χ4v) is 4.38. The highest BCUT2D eigenvalue weighted by atomic mass is 35.5. The normalized spacial score (nSPS) is 28.0. The quantitative estimate of drug-likeness (QED) is 0.878. The molecule has 2 bridgehead atoms. The lowest BCUT2D eigenvalue weighted by molar-refractivity contribution is 0.0756. The average molecular weight is 362 g/mol. The predicted octanol–water partition coefficient (Wildman–Crippen LogP) is 2.32. The molecule has 1 amide bonds. The van der Waals surface area contributed by atoms with Gasteiger partial charge in [0.15, 0.2) is 0 Å². The van der Waals surface area contributed by atoms with Gasteiger partial charge in [-0.25, -0.2) is 0 Å². The third kappa shape index (κ3) is 3.70. The topological polar surface area (TPSA) is 85.8 Å². The van der Waals surface area contributed by atoms with Crippen molar-refractivity contribution in [3.05, 3.63) is 42.5 Å². The number of nitrogens with zero attached hydrogens (tertiary/aromatic N) is 3. The molecular formula is C18H24ClN5O. The summed E-state index contributed by atoms with van der Waals surface area (Å²) >= 11 is 0. The van der Waals surface area contributed by atoms with Crippen LogP contribution in [-0.2, 0) is 0 Å². The number of carbonyl (C=O) groups excluding carboxylic acids is 1. The Hall–Kier alpha value is -1.92. The summed E-state index contributed by atoms with van der Waals surface area (Å²) in [5, 5.41) is 10.9. The SMILES string of the molecule is Cl.NC1CC2CCCC(C1)C2NC(=O)c1ccc(-n2cnnc2)cc1. The molecule has 0 saturated heterocycles. The van der Waals surface area contributed by atoms with Crippen molar-refractivity contribution in [3.8, 4) is 5.69 Å². The van der Waals surface area contributed by atoms with Crippen LogP contribution in [0.4, 0.5) is 0 Å². The van der Waals surface area contributed by atoms with E-state index in [1.54, 1.807) is 12.7 Å². The van der Waals surface area contributed by atoms with Crippen molar-refractivity contribution in [2.75, 3.05) is 0 Å². The summed E-state index contributed by atoms with van der Waals surface area (Å²) < 4.78 is 1.81. The second-order valence-electron chi connectivity index (χ2n) is 7.10. The van der Waals surface area contributed by atoms with E-state index in [1.165, 1.54) is 19.3 Å². The van der Waals surface area contributed by atoms with E-state index in [0.717, 1.165) is 18.5 Å². The molecule has 7 heteroatoms. The van der Waals surface area contributed by atoms with Gasteiger partial charge >= 0.3 is 0 Å². The van der Waals surface area contributed by atoms with Crippen molar-refractivity contribution in [1.29, 1.82) is 0 Å². The molecule has 2 aliphatic carbocycles. The highest BCUT2D eigenvalue weighted by Gasteiger charge is 2.39. The minimum atomic E-state index is 0. The van der Waals surface area contributed by atoms with E-state index in [4.69, 9.17) is 5.73 Å². The number of hydrogen-bond acceptors (Lipinski definition) is 4. The summed E-state index contributed by atoms with van der Waals surface area (Å²) in [6.45, 7) is 0. The molecule has 0 spiro atoms. The number of nitrogens with one attached hydrogen (secondary N) is 1. The third-order valence-electron chi connectivity index (χ3n) is 5.52. The van der Waals surface area contributed by atoms with E-state index in [2.05, 4.69) is 15.5 Å². The molecule has 25 heavy (non-hydrogen) atoms. The lowest BCUT2D eigenvalue weighted by Crippen LogP contribution is -2.53. The molecule has 2 aromatic rings. The Bertz CT molecular complexity index is 689. The van der Waals surface area contributed by atoms with Crippen LogP contribution >= 0.6 is 12.4 Å². The molecule has 2 aliphatic rings. The summed E-state index contributed by atoms with van der Waals surface area (Å²) in [6, 6.07) is 8.12. The van der Waals surface area contributed by atoms with E-state index < -0.39 is 0 Å². The number of nitrogens with two attached hydrogens (primary N) is 1. The van der Waals surface area contributed by atoms with E-state index in [-0.39, 0.29) is 24.4 Å². The fraction of sp³-hybridized carbons (Fsp3) is 0.500. The zero-order chi connectivity index (χ0) is 16.5. The molecule has 4 rings (SSSR count). The van der Waals surface area contributed by atoms with Crippen LogP contribution in [0.25, 0.3) is 5.69 Å². The summed E-state index contributed by atoms with van der Waals surface area (Å²) in [6.07, 6.45) is 8.98. The Labute approximate surface area is 153 Å². The maximum atomic E-state index is 12.6. The number of fused-ring (bicyclic) bond motifs is 2. The average Bonchev–Trinajstić information content (AvgIpc) is 3.10. The molecule has 2 atom stereocenters. The van der Waals surface area contributed by atoms with Crippen LogP contribution < -0.4 is 11.1 Å². The van der Waals surface area contributed by atoms with Crippen molar-refractivity contribution in [3.63, 3.8) is 0 Å². The zero-order valence-electron chi connectivity index (χ0n) is 14.0. The van der Waals surface area contributed by atoms with Crippen molar-refractivity contribution < 1.29 is 4.79 Å². The molecule has 1 aromatic heterocycles. The van der Waals surface area contributed by atoms with Gasteiger partial charge in [-0.2, -0.15) is 0 Å². The van der Waals surface area contributed by atoms with Gasteiger partial charge in [0, 0.05) is 23.3 Å². The molecule has 1 aromatic carbocycles. The molecule has 6 nitrogen and oxygen atoms in total. The molecule has 3 N–H and O–H groups in total. The Kier molecular flexibility index (Phi) is 5.39. The van der Waals surface area contributed by atoms with E-state index in [9.17, 15) is 4.79 Å². The third-order valence-corrected chi connectivity index (χ3v) is 5.52. The van der Waals surface area contributed by atoms with Crippen LogP contribution in [0.3, 0.4) is 0 Å². The first kappa shape index (κ1) is 17.9. The van der Waals surface area contributed by atoms with Crippen LogP contribution in [0.5, 0.6) is 0 Å². The van der Waals surface area contributed by atoms with Gasteiger partial charge < -0.3 is 11.1 Å². The summed E-state index contributed by atoms with van der Waals surface area (Å²) in [5.74, 6) is 1.09. The number of benzene rings is 1. The van der Waals surface area contributed by atoms with E-state index in [0.29, 0.717) is 23.4 Å². The Morgan fingerprint density at radius 3 is 2.28 bits per heavy atom. The van der Waals surface area contributed by atoms with Crippen LogP contribution in [-0.4, -0.2) is 32.8 Å². The number of amides is 1. The Balaban J connectivity index is 0.00000182. The minimum Gasteiger partial charge on any atom is -0.349 e. The largest absolute Gasteiger partial charge is 0.349 e. The standard InChI is InChI=1S/C18H23N5O.ClH/c19-15-8-13-2-1-3-14(9-15)17(13)22-18(24)12-4-6-16(7-5-12)23-10-20-21-11-23;/h4-7,10-11,13-15,17H,1-3,8-9,19H2,(H,22,24);1H. The number of carbonyl (C=O) groups is 1. The van der Waals surface area contributed by atoms with Crippen molar-refractivity contribution >= 4 is 18.3 Å². The maximum absolute atomic E-state index is 12.6. The number of halogens is 1. The molecule has 2 saturated carbocycles. The van der Waals surface area contributed by atoms with Crippen molar-refractivity contribution in [2.24, 2.45) is 17.6 Å². The molecule has 2 unspecified atom stereocenters. The molecule has 134 valence electrons. The maximum Gasteiger partial charge on any atom is 0.251 e. The van der Waals surface area contributed by atoms with Crippen LogP contribution in [0.2, 0.25) is 0 Å². The lowest BCUT2D eigenvalue weighted by Gasteiger charge is -2.45. The van der Waals surface area contributed by atoms with E-state index >= 15 is 0 Å². The zero-order valence-corrected chi connectivity index (χ0v) is 14.9. The smallest absolute Gasteiger partial charge is 0.251 e. The highest BCUT2D eigenvalue weighted by Crippen LogP contribution is 2.39. The van der Waals surface area contributed by atoms with Gasteiger partial charge in [-0.15, -0.1) is 22.6 Å².